The first-order valence-corrected chi connectivity index (χ1v) is 6.49. The molecule has 1 rings (SSSR count). The zero-order valence-electron chi connectivity index (χ0n) is 10.0. The smallest absolute Gasteiger partial charge is 0.246 e. The van der Waals surface area contributed by atoms with Crippen LogP contribution in [-0.2, 0) is 10.0 Å². The van der Waals surface area contributed by atoms with Gasteiger partial charge in [0, 0.05) is 14.1 Å². The van der Waals surface area contributed by atoms with Gasteiger partial charge < -0.3 is 4.74 Å². The predicted molar refractivity (Wildman–Crippen MR) is 63.2 cm³/mol. The first-order valence-electron chi connectivity index (χ1n) is 5.05. The fourth-order valence-corrected chi connectivity index (χ4v) is 2.30. The number of rotatable bonds is 4. The molecule has 0 radical (unpaired) electrons. The largest absolute Gasteiger partial charge is 0.492 e. The first kappa shape index (κ1) is 13.0. The lowest BCUT2D eigenvalue weighted by Crippen LogP contribution is -2.23. The number of benzene rings is 1. The van der Waals surface area contributed by atoms with E-state index in [4.69, 9.17) is 4.74 Å². The Morgan fingerprint density at radius 1 is 1.31 bits per heavy atom. The quantitative estimate of drug-likeness (QED) is 0.807. The minimum atomic E-state index is -3.44. The highest BCUT2D eigenvalue weighted by molar-refractivity contribution is 7.89. The Kier molecular flexibility index (Phi) is 3.93. The second kappa shape index (κ2) is 4.84. The third-order valence-corrected chi connectivity index (χ3v) is 4.01. The number of aryl methyl sites for hydroxylation is 1. The molecule has 0 fully saturated rings. The van der Waals surface area contributed by atoms with Crippen molar-refractivity contribution in [2.24, 2.45) is 0 Å². The van der Waals surface area contributed by atoms with Crippen LogP contribution in [0.25, 0.3) is 0 Å². The van der Waals surface area contributed by atoms with E-state index < -0.39 is 10.0 Å². The molecule has 0 saturated heterocycles. The lowest BCUT2D eigenvalue weighted by Gasteiger charge is -2.15. The molecule has 1 aromatic carbocycles. The van der Waals surface area contributed by atoms with E-state index in [9.17, 15) is 8.42 Å². The van der Waals surface area contributed by atoms with Crippen LogP contribution in [0.4, 0.5) is 0 Å². The van der Waals surface area contributed by atoms with E-state index in [2.05, 4.69) is 0 Å². The van der Waals surface area contributed by atoms with Gasteiger partial charge >= 0.3 is 0 Å². The molecule has 0 aliphatic heterocycles. The van der Waals surface area contributed by atoms with E-state index in [-0.39, 0.29) is 4.90 Å². The van der Waals surface area contributed by atoms with E-state index in [1.165, 1.54) is 18.4 Å². The first-order chi connectivity index (χ1) is 7.39. The summed E-state index contributed by atoms with van der Waals surface area (Å²) in [6.07, 6.45) is 0. The van der Waals surface area contributed by atoms with Crippen LogP contribution >= 0.6 is 0 Å². The molecule has 1 aromatic rings. The number of hydrogen-bond acceptors (Lipinski definition) is 3. The van der Waals surface area contributed by atoms with Crippen LogP contribution in [0.15, 0.2) is 23.1 Å². The molecule has 0 aromatic heterocycles. The summed E-state index contributed by atoms with van der Waals surface area (Å²) in [7, 11) is -0.428. The Bertz CT molecular complexity index is 466. The molecular weight excluding hydrogens is 226 g/mol. The molecule has 0 saturated carbocycles. The van der Waals surface area contributed by atoms with Crippen LogP contribution in [0.1, 0.15) is 12.5 Å². The van der Waals surface area contributed by atoms with Gasteiger partial charge in [0.05, 0.1) is 6.61 Å². The molecule has 0 amide bonds. The summed E-state index contributed by atoms with van der Waals surface area (Å²) in [4.78, 5) is 0.213. The maximum absolute atomic E-state index is 12.0. The molecule has 0 unspecified atom stereocenters. The van der Waals surface area contributed by atoms with E-state index in [0.29, 0.717) is 12.4 Å². The van der Waals surface area contributed by atoms with Gasteiger partial charge in [0.25, 0.3) is 0 Å². The Hall–Kier alpha value is -1.07. The van der Waals surface area contributed by atoms with Gasteiger partial charge in [-0.1, -0.05) is 6.07 Å². The highest BCUT2D eigenvalue weighted by Crippen LogP contribution is 2.26. The third-order valence-electron chi connectivity index (χ3n) is 2.16. The van der Waals surface area contributed by atoms with E-state index in [1.54, 1.807) is 18.2 Å². The van der Waals surface area contributed by atoms with Crippen molar-refractivity contribution in [2.75, 3.05) is 20.7 Å². The van der Waals surface area contributed by atoms with Gasteiger partial charge in [0.2, 0.25) is 10.0 Å². The molecule has 16 heavy (non-hydrogen) atoms. The number of ether oxygens (including phenoxy) is 1. The van der Waals surface area contributed by atoms with Crippen molar-refractivity contribution in [3.8, 4) is 5.75 Å². The molecule has 0 N–H and O–H groups in total. The highest BCUT2D eigenvalue weighted by Gasteiger charge is 2.21. The molecular formula is C11H17NO3S. The lowest BCUT2D eigenvalue weighted by molar-refractivity contribution is 0.330. The standard InChI is InChI=1S/C11H17NO3S/c1-5-15-10-8-9(2)6-7-11(10)16(13,14)12(3)4/h6-8H,5H2,1-4H3. The van der Waals surface area contributed by atoms with Gasteiger partial charge in [-0.15, -0.1) is 0 Å². The summed E-state index contributed by atoms with van der Waals surface area (Å²) in [6.45, 7) is 4.17. The minimum Gasteiger partial charge on any atom is -0.492 e. The lowest BCUT2D eigenvalue weighted by atomic mass is 10.2. The Morgan fingerprint density at radius 2 is 1.94 bits per heavy atom. The topological polar surface area (TPSA) is 46.6 Å². The second-order valence-corrected chi connectivity index (χ2v) is 5.79. The van der Waals surface area contributed by atoms with Crippen molar-refractivity contribution >= 4 is 10.0 Å². The molecule has 0 aliphatic rings. The van der Waals surface area contributed by atoms with Crippen molar-refractivity contribution in [1.29, 1.82) is 0 Å². The fraction of sp³-hybridized carbons (Fsp3) is 0.455. The summed E-state index contributed by atoms with van der Waals surface area (Å²) < 4.78 is 30.5. The van der Waals surface area contributed by atoms with Crippen LogP contribution in [0.3, 0.4) is 0 Å². The SMILES string of the molecule is CCOc1cc(C)ccc1S(=O)(=O)N(C)C. The van der Waals surface area contributed by atoms with Crippen LogP contribution in [-0.4, -0.2) is 33.4 Å². The fourth-order valence-electron chi connectivity index (χ4n) is 1.29. The maximum atomic E-state index is 12.0. The maximum Gasteiger partial charge on any atom is 0.246 e. The van der Waals surface area contributed by atoms with Gasteiger partial charge in [-0.3, -0.25) is 0 Å². The Morgan fingerprint density at radius 3 is 2.44 bits per heavy atom. The monoisotopic (exact) mass is 243 g/mol. The van der Waals surface area contributed by atoms with E-state index >= 15 is 0 Å². The summed E-state index contributed by atoms with van der Waals surface area (Å²) in [6, 6.07) is 5.08. The number of sulfonamides is 1. The molecule has 0 aliphatic carbocycles. The number of nitrogens with zero attached hydrogens (tertiary/aromatic N) is 1. The van der Waals surface area contributed by atoms with Crippen molar-refractivity contribution in [1.82, 2.24) is 4.31 Å². The summed E-state index contributed by atoms with van der Waals surface area (Å²) in [5.74, 6) is 0.413. The summed E-state index contributed by atoms with van der Waals surface area (Å²) in [5.41, 5.74) is 0.973. The summed E-state index contributed by atoms with van der Waals surface area (Å²) in [5, 5.41) is 0. The predicted octanol–water partition coefficient (Wildman–Crippen LogP) is 1.64. The van der Waals surface area contributed by atoms with Crippen LogP contribution in [0.2, 0.25) is 0 Å². The average molecular weight is 243 g/mol. The van der Waals surface area contributed by atoms with Gasteiger partial charge in [-0.25, -0.2) is 12.7 Å². The highest BCUT2D eigenvalue weighted by atomic mass is 32.2. The second-order valence-electron chi connectivity index (χ2n) is 3.67. The van der Waals surface area contributed by atoms with Crippen molar-refractivity contribution in [2.45, 2.75) is 18.7 Å². The number of hydrogen-bond donors (Lipinski definition) is 0. The Labute approximate surface area is 96.9 Å². The average Bonchev–Trinajstić information content (AvgIpc) is 2.17. The van der Waals surface area contributed by atoms with Crippen LogP contribution in [0.5, 0.6) is 5.75 Å². The molecule has 4 nitrogen and oxygen atoms in total. The van der Waals surface area contributed by atoms with E-state index in [1.807, 2.05) is 13.8 Å². The summed E-state index contributed by atoms with van der Waals surface area (Å²) >= 11 is 0. The zero-order chi connectivity index (χ0) is 12.3. The van der Waals surface area contributed by atoms with E-state index in [0.717, 1.165) is 5.56 Å². The molecule has 90 valence electrons. The van der Waals surface area contributed by atoms with Crippen molar-refractivity contribution in [3.05, 3.63) is 23.8 Å². The Balaban J connectivity index is 3.33. The van der Waals surface area contributed by atoms with Crippen LogP contribution < -0.4 is 4.74 Å². The molecule has 5 heteroatoms. The van der Waals surface area contributed by atoms with Crippen molar-refractivity contribution < 1.29 is 13.2 Å². The van der Waals surface area contributed by atoms with Crippen LogP contribution in [0, 0.1) is 6.92 Å². The third kappa shape index (κ3) is 2.54. The minimum absolute atomic E-state index is 0.213. The van der Waals surface area contributed by atoms with Gasteiger partial charge in [-0.2, -0.15) is 0 Å². The zero-order valence-corrected chi connectivity index (χ0v) is 10.8. The molecule has 0 bridgehead atoms. The van der Waals surface area contributed by atoms with Gasteiger partial charge in [-0.05, 0) is 31.5 Å². The molecule has 0 heterocycles. The normalized spacial score (nSPS) is 11.8. The molecule has 0 spiro atoms. The van der Waals surface area contributed by atoms with Gasteiger partial charge in [0.1, 0.15) is 10.6 Å². The molecule has 0 atom stereocenters. The van der Waals surface area contributed by atoms with Gasteiger partial charge in [0.15, 0.2) is 0 Å². The van der Waals surface area contributed by atoms with Crippen molar-refractivity contribution in [3.63, 3.8) is 0 Å².